The van der Waals surface area contributed by atoms with Gasteiger partial charge in [0.25, 0.3) is 0 Å². The lowest BCUT2D eigenvalue weighted by Crippen LogP contribution is -2.21. The Hall–Kier alpha value is -1.48. The van der Waals surface area contributed by atoms with E-state index in [1.807, 2.05) is 6.07 Å². The third-order valence-electron chi connectivity index (χ3n) is 3.91. The van der Waals surface area contributed by atoms with Gasteiger partial charge in [0.2, 0.25) is 0 Å². The predicted molar refractivity (Wildman–Crippen MR) is 69.5 cm³/mol. The van der Waals surface area contributed by atoms with Gasteiger partial charge in [-0.1, -0.05) is 6.07 Å². The van der Waals surface area contributed by atoms with Gasteiger partial charge >= 0.3 is 0 Å². The summed E-state index contributed by atoms with van der Waals surface area (Å²) in [6, 6.07) is 5.80. The smallest absolute Gasteiger partial charge is 0.125 e. The zero-order valence-electron chi connectivity index (χ0n) is 10.4. The first-order chi connectivity index (χ1) is 8.18. The van der Waals surface area contributed by atoms with Gasteiger partial charge in [-0.15, -0.1) is 0 Å². The zero-order chi connectivity index (χ0) is 12.0. The zero-order valence-corrected chi connectivity index (χ0v) is 10.4. The molecule has 2 heterocycles. The summed E-state index contributed by atoms with van der Waals surface area (Å²) in [4.78, 5) is 2.35. The van der Waals surface area contributed by atoms with Crippen molar-refractivity contribution < 1.29 is 5.11 Å². The topological polar surface area (TPSA) is 28.4 Å². The number of fused-ring (bicyclic) bond motifs is 3. The summed E-state index contributed by atoms with van der Waals surface area (Å²) in [6.45, 7) is 2.17. The Labute approximate surface area is 101 Å². The number of hydrogen-bond acceptors (Lipinski definition) is 2. The average Bonchev–Trinajstić information content (AvgIpc) is 2.46. The van der Waals surface area contributed by atoms with Crippen molar-refractivity contribution in [3.8, 4) is 5.75 Å². The van der Waals surface area contributed by atoms with Crippen molar-refractivity contribution >= 4 is 10.9 Å². The normalized spacial score (nSPS) is 17.1. The van der Waals surface area contributed by atoms with Crippen LogP contribution in [0.4, 0.5) is 0 Å². The molecule has 0 radical (unpaired) electrons. The van der Waals surface area contributed by atoms with Crippen LogP contribution >= 0.6 is 0 Å². The van der Waals surface area contributed by atoms with Gasteiger partial charge in [-0.3, -0.25) is 0 Å². The summed E-state index contributed by atoms with van der Waals surface area (Å²) in [5.74, 6) is 0.420. The van der Waals surface area contributed by atoms with Crippen LogP contribution < -0.4 is 0 Å². The molecule has 0 fully saturated rings. The summed E-state index contributed by atoms with van der Waals surface area (Å²) < 4.78 is 2.24. The molecule has 0 atom stereocenters. The fourth-order valence-electron chi connectivity index (χ4n) is 2.91. The molecule has 90 valence electrons. The van der Waals surface area contributed by atoms with Crippen LogP contribution in [0, 0.1) is 0 Å². The van der Waals surface area contributed by atoms with Crippen molar-refractivity contribution in [2.24, 2.45) is 7.05 Å². The van der Waals surface area contributed by atoms with Gasteiger partial charge in [0, 0.05) is 37.6 Å². The molecule has 1 aliphatic heterocycles. The van der Waals surface area contributed by atoms with Crippen LogP contribution in [0.15, 0.2) is 18.2 Å². The van der Waals surface area contributed by atoms with Crippen LogP contribution in [0.1, 0.15) is 11.3 Å². The fourth-order valence-corrected chi connectivity index (χ4v) is 2.91. The molecule has 1 aliphatic rings. The number of likely N-dealkylation sites (N-methyl/N-ethyl adjacent to an activating group) is 1. The summed E-state index contributed by atoms with van der Waals surface area (Å²) in [5.41, 5.74) is 3.87. The number of aromatic hydroxyl groups is 1. The average molecular weight is 230 g/mol. The Morgan fingerprint density at radius 1 is 1.12 bits per heavy atom. The number of aromatic nitrogens is 1. The van der Waals surface area contributed by atoms with E-state index in [9.17, 15) is 5.11 Å². The molecule has 0 saturated heterocycles. The van der Waals surface area contributed by atoms with Gasteiger partial charge in [0.15, 0.2) is 0 Å². The Morgan fingerprint density at radius 3 is 2.71 bits per heavy atom. The Bertz CT molecular complexity index is 571. The molecule has 17 heavy (non-hydrogen) atoms. The molecule has 0 aliphatic carbocycles. The number of nitrogens with zero attached hydrogens (tertiary/aromatic N) is 2. The van der Waals surface area contributed by atoms with E-state index in [4.69, 9.17) is 0 Å². The second kappa shape index (κ2) is 3.77. The quantitative estimate of drug-likeness (QED) is 0.749. The van der Waals surface area contributed by atoms with Crippen molar-refractivity contribution in [1.82, 2.24) is 9.47 Å². The molecule has 1 aromatic carbocycles. The number of phenolic OH excluding ortho intramolecular Hbond substituents is 1. The first-order valence-corrected chi connectivity index (χ1v) is 6.15. The molecule has 0 unspecified atom stereocenters. The van der Waals surface area contributed by atoms with Crippen LogP contribution in [0.2, 0.25) is 0 Å². The van der Waals surface area contributed by atoms with Gasteiger partial charge in [-0.2, -0.15) is 0 Å². The summed E-state index contributed by atoms with van der Waals surface area (Å²) in [5, 5.41) is 11.1. The van der Waals surface area contributed by atoms with E-state index in [1.54, 1.807) is 6.07 Å². The minimum absolute atomic E-state index is 0.420. The predicted octanol–water partition coefficient (Wildman–Crippen LogP) is 1.91. The largest absolute Gasteiger partial charge is 0.507 e. The molecular formula is C14H18N2O. The molecule has 2 aromatic rings. The lowest BCUT2D eigenvalue weighted by atomic mass is 10.1. The number of aryl methyl sites for hydroxylation is 1. The lowest BCUT2D eigenvalue weighted by molar-refractivity contribution is 0.351. The van der Waals surface area contributed by atoms with Crippen LogP contribution in [-0.2, 0) is 19.9 Å². The van der Waals surface area contributed by atoms with E-state index in [0.717, 1.165) is 36.8 Å². The highest BCUT2D eigenvalue weighted by Crippen LogP contribution is 2.33. The highest BCUT2D eigenvalue weighted by atomic mass is 16.3. The molecule has 0 amide bonds. The molecule has 1 aromatic heterocycles. The van der Waals surface area contributed by atoms with Gasteiger partial charge in [0.1, 0.15) is 5.75 Å². The SMILES string of the molecule is CN1CCc2c(n(C)c3cccc(O)c23)CC1. The second-order valence-corrected chi connectivity index (χ2v) is 4.96. The van der Waals surface area contributed by atoms with Gasteiger partial charge < -0.3 is 14.6 Å². The monoisotopic (exact) mass is 230 g/mol. The second-order valence-electron chi connectivity index (χ2n) is 4.96. The van der Waals surface area contributed by atoms with E-state index >= 15 is 0 Å². The minimum Gasteiger partial charge on any atom is -0.507 e. The van der Waals surface area contributed by atoms with Crippen molar-refractivity contribution in [2.45, 2.75) is 12.8 Å². The van der Waals surface area contributed by atoms with Crippen molar-refractivity contribution in [2.75, 3.05) is 20.1 Å². The van der Waals surface area contributed by atoms with E-state index < -0.39 is 0 Å². The maximum Gasteiger partial charge on any atom is 0.125 e. The Morgan fingerprint density at radius 2 is 1.88 bits per heavy atom. The fraction of sp³-hybridized carbons (Fsp3) is 0.429. The molecule has 3 nitrogen and oxygen atoms in total. The van der Waals surface area contributed by atoms with Crippen LogP contribution in [0.5, 0.6) is 5.75 Å². The van der Waals surface area contributed by atoms with Crippen LogP contribution in [-0.4, -0.2) is 34.7 Å². The number of rotatable bonds is 0. The highest BCUT2D eigenvalue weighted by Gasteiger charge is 2.20. The molecule has 3 heteroatoms. The van der Waals surface area contributed by atoms with E-state index in [-0.39, 0.29) is 0 Å². The Balaban J connectivity index is 2.28. The van der Waals surface area contributed by atoms with Crippen LogP contribution in [0.3, 0.4) is 0 Å². The standard InChI is InChI=1S/C14H18N2O/c1-15-8-6-10-11(7-9-15)16(2)12-4-3-5-13(17)14(10)12/h3-5,17H,6-9H2,1-2H3. The summed E-state index contributed by atoms with van der Waals surface area (Å²) in [6.07, 6.45) is 2.09. The van der Waals surface area contributed by atoms with Crippen molar-refractivity contribution in [1.29, 1.82) is 0 Å². The first kappa shape index (κ1) is 10.7. The molecular weight excluding hydrogens is 212 g/mol. The van der Waals surface area contributed by atoms with Crippen LogP contribution in [0.25, 0.3) is 10.9 Å². The van der Waals surface area contributed by atoms with Gasteiger partial charge in [-0.25, -0.2) is 0 Å². The first-order valence-electron chi connectivity index (χ1n) is 6.15. The highest BCUT2D eigenvalue weighted by molar-refractivity contribution is 5.91. The molecule has 3 rings (SSSR count). The lowest BCUT2D eigenvalue weighted by Gasteiger charge is -2.12. The van der Waals surface area contributed by atoms with Crippen molar-refractivity contribution in [3.05, 3.63) is 29.5 Å². The van der Waals surface area contributed by atoms with Gasteiger partial charge in [-0.05, 0) is 31.2 Å². The number of phenols is 1. The third kappa shape index (κ3) is 1.53. The van der Waals surface area contributed by atoms with E-state index in [1.165, 1.54) is 11.3 Å². The minimum atomic E-state index is 0.420. The Kier molecular flexibility index (Phi) is 2.37. The third-order valence-corrected chi connectivity index (χ3v) is 3.91. The van der Waals surface area contributed by atoms with Crippen molar-refractivity contribution in [3.63, 3.8) is 0 Å². The maximum atomic E-state index is 10.1. The summed E-state index contributed by atoms with van der Waals surface area (Å²) >= 11 is 0. The summed E-state index contributed by atoms with van der Waals surface area (Å²) in [7, 11) is 4.26. The number of hydrogen-bond donors (Lipinski definition) is 1. The molecule has 0 bridgehead atoms. The molecule has 1 N–H and O–H groups in total. The molecule has 0 spiro atoms. The van der Waals surface area contributed by atoms with Gasteiger partial charge in [0.05, 0.1) is 5.52 Å². The number of benzene rings is 1. The van der Waals surface area contributed by atoms with E-state index in [0.29, 0.717) is 5.75 Å². The van der Waals surface area contributed by atoms with E-state index in [2.05, 4.69) is 29.6 Å². The maximum absolute atomic E-state index is 10.1. The molecule has 0 saturated carbocycles.